The van der Waals surface area contributed by atoms with Crippen molar-refractivity contribution in [1.29, 1.82) is 0 Å². The molecule has 185 valence electrons. The molecule has 3 atom stereocenters. The molecule has 1 aromatic rings. The molecule has 1 aliphatic heterocycles. The Balaban J connectivity index is 0.00000544. The molecule has 0 aliphatic carbocycles. The number of ether oxygens (including phenoxy) is 1. The van der Waals surface area contributed by atoms with Gasteiger partial charge in [-0.15, -0.1) is 0 Å². The van der Waals surface area contributed by atoms with Crippen LogP contribution in [-0.2, 0) is 6.42 Å². The fourth-order valence-electron chi connectivity index (χ4n) is 5.49. The van der Waals surface area contributed by atoms with Crippen LogP contribution in [0.5, 0.6) is 11.5 Å². The predicted octanol–water partition coefficient (Wildman–Crippen LogP) is 9.01. The van der Waals surface area contributed by atoms with Crippen molar-refractivity contribution in [3.05, 3.63) is 33.9 Å². The minimum atomic E-state index is -0.124. The molecule has 0 amide bonds. The maximum atomic E-state index is 10.4. The van der Waals surface area contributed by atoms with E-state index in [2.05, 4.69) is 54.5 Å². The van der Waals surface area contributed by atoms with E-state index in [0.717, 1.165) is 65.9 Å². The van der Waals surface area contributed by atoms with E-state index in [9.17, 15) is 5.11 Å². The summed E-state index contributed by atoms with van der Waals surface area (Å²) < 4.78 is 6.60. The first-order valence-electron chi connectivity index (χ1n) is 13.1. The summed E-state index contributed by atoms with van der Waals surface area (Å²) >= 11 is 0. The zero-order valence-electron chi connectivity index (χ0n) is 23.1. The fourth-order valence-corrected chi connectivity index (χ4v) is 5.49. The van der Waals surface area contributed by atoms with Gasteiger partial charge < -0.3 is 9.84 Å². The Morgan fingerprint density at radius 3 is 2.33 bits per heavy atom. The van der Waals surface area contributed by atoms with Crippen LogP contribution in [0.25, 0.3) is 0 Å². The van der Waals surface area contributed by atoms with Crippen LogP contribution in [0, 0.1) is 82.6 Å². The quantitative estimate of drug-likeness (QED) is 0.239. The van der Waals surface area contributed by atoms with Crippen molar-refractivity contribution in [3.63, 3.8) is 0 Å². The minimum absolute atomic E-state index is 0. The van der Waals surface area contributed by atoms with Gasteiger partial charge in [-0.05, 0) is 108 Å². The molecule has 1 N–H and O–H groups in total. The average molecular weight is 670 g/mol. The van der Waals surface area contributed by atoms with Crippen LogP contribution in [0.1, 0.15) is 115 Å². The maximum Gasteiger partial charge on any atom is 0.127 e. The summed E-state index contributed by atoms with van der Waals surface area (Å²) in [5.41, 5.74) is 5.64. The van der Waals surface area contributed by atoms with Gasteiger partial charge in [0.25, 0.3) is 0 Å². The summed E-state index contributed by atoms with van der Waals surface area (Å²) in [6, 6.07) is 0. The number of benzene rings is 1. The van der Waals surface area contributed by atoms with E-state index in [0.29, 0.717) is 5.75 Å². The average Bonchev–Trinajstić information content (AvgIpc) is 2.70. The van der Waals surface area contributed by atoms with Gasteiger partial charge >= 0.3 is 0 Å². The Morgan fingerprint density at radius 2 is 1.70 bits per heavy atom. The van der Waals surface area contributed by atoms with Crippen LogP contribution in [0.4, 0.5) is 0 Å². The van der Waals surface area contributed by atoms with Crippen molar-refractivity contribution in [2.45, 2.75) is 126 Å². The van der Waals surface area contributed by atoms with Crippen LogP contribution in [0.15, 0.2) is 11.6 Å². The van der Waals surface area contributed by atoms with Gasteiger partial charge in [-0.1, -0.05) is 58.6 Å². The summed E-state index contributed by atoms with van der Waals surface area (Å²) in [4.78, 5) is 0. The fraction of sp³-hybridized carbons (Fsp3) is 0.733. The van der Waals surface area contributed by atoms with Gasteiger partial charge in [-0.3, -0.25) is 0 Å². The van der Waals surface area contributed by atoms with Gasteiger partial charge in [0.05, 0.1) is 0 Å². The SMILES string of the molecule is C/C(=C\CCC1(C)CCc2c(C)c(O)c(C)c(C)c2O1)CC(C)CC(C)CCCC(C)C.[Ac]. The zero-order chi connectivity index (χ0) is 24.1. The van der Waals surface area contributed by atoms with Crippen molar-refractivity contribution in [2.24, 2.45) is 17.8 Å². The van der Waals surface area contributed by atoms with Crippen molar-refractivity contribution < 1.29 is 53.9 Å². The number of rotatable bonds is 11. The van der Waals surface area contributed by atoms with Gasteiger partial charge in [-0.2, -0.15) is 0 Å². The molecule has 0 spiro atoms. The Hall–Kier alpha value is 0.00156. The maximum absolute atomic E-state index is 10.4. The van der Waals surface area contributed by atoms with Crippen LogP contribution in [-0.4, -0.2) is 10.7 Å². The number of phenols is 1. The number of aromatic hydroxyl groups is 1. The standard InChI is InChI=1S/C30H50O2.Ac/c1-20(2)12-10-13-21(3)18-23(5)19-22(4)14-11-16-30(9)17-15-27-26(8)28(31)24(6)25(7)29(27)32-30;/h14,20-21,23,31H,10-13,15-19H2,1-9H3;/b22-14+;. The van der Waals surface area contributed by atoms with E-state index in [1.54, 1.807) is 0 Å². The second-order valence-electron chi connectivity index (χ2n) is 11.6. The summed E-state index contributed by atoms with van der Waals surface area (Å²) in [5.74, 6) is 3.89. The second-order valence-corrected chi connectivity index (χ2v) is 11.6. The van der Waals surface area contributed by atoms with Gasteiger partial charge in [0.15, 0.2) is 0 Å². The molecule has 0 aromatic heterocycles. The molecule has 0 saturated carbocycles. The van der Waals surface area contributed by atoms with E-state index in [-0.39, 0.29) is 49.7 Å². The molecular weight excluding hydrogens is 619 g/mol. The van der Waals surface area contributed by atoms with Crippen LogP contribution in [0.2, 0.25) is 0 Å². The van der Waals surface area contributed by atoms with E-state index >= 15 is 0 Å². The van der Waals surface area contributed by atoms with E-state index < -0.39 is 0 Å². The first-order chi connectivity index (χ1) is 14.9. The molecule has 33 heavy (non-hydrogen) atoms. The molecule has 1 radical (unpaired) electrons. The predicted molar refractivity (Wildman–Crippen MR) is 139 cm³/mol. The summed E-state index contributed by atoms with van der Waals surface area (Å²) in [5, 5.41) is 10.4. The van der Waals surface area contributed by atoms with Crippen LogP contribution in [0.3, 0.4) is 0 Å². The molecule has 3 heteroatoms. The second kappa shape index (κ2) is 13.9. The Bertz CT molecular complexity index is 795. The first-order valence-corrected chi connectivity index (χ1v) is 13.1. The molecule has 2 nitrogen and oxygen atoms in total. The third-order valence-corrected chi connectivity index (χ3v) is 7.71. The van der Waals surface area contributed by atoms with E-state index in [4.69, 9.17) is 4.74 Å². The Morgan fingerprint density at radius 1 is 1.03 bits per heavy atom. The van der Waals surface area contributed by atoms with Gasteiger partial charge in [0.1, 0.15) is 17.1 Å². The number of hydrogen-bond acceptors (Lipinski definition) is 2. The third kappa shape index (κ3) is 9.18. The monoisotopic (exact) mass is 669 g/mol. The number of hydrogen-bond donors (Lipinski definition) is 1. The molecule has 0 fully saturated rings. The molecule has 1 aromatic carbocycles. The molecule has 0 bridgehead atoms. The van der Waals surface area contributed by atoms with Crippen molar-refractivity contribution >= 4 is 0 Å². The van der Waals surface area contributed by atoms with Gasteiger partial charge in [0.2, 0.25) is 0 Å². The van der Waals surface area contributed by atoms with Gasteiger partial charge in [-0.25, -0.2) is 0 Å². The topological polar surface area (TPSA) is 29.5 Å². The van der Waals surface area contributed by atoms with Crippen molar-refractivity contribution in [2.75, 3.05) is 0 Å². The third-order valence-electron chi connectivity index (χ3n) is 7.71. The number of fused-ring (bicyclic) bond motifs is 1. The van der Waals surface area contributed by atoms with Crippen LogP contribution >= 0.6 is 0 Å². The Kier molecular flexibility index (Phi) is 13.1. The molecule has 3 unspecified atom stereocenters. The smallest absolute Gasteiger partial charge is 0.127 e. The Labute approximate surface area is 240 Å². The molecule has 0 saturated heterocycles. The van der Waals surface area contributed by atoms with Crippen molar-refractivity contribution in [3.8, 4) is 11.5 Å². The van der Waals surface area contributed by atoms with E-state index in [1.165, 1.54) is 43.2 Å². The summed E-state index contributed by atoms with van der Waals surface area (Å²) in [6.07, 6.45) is 13.2. The normalized spacial score (nSPS) is 20.1. The van der Waals surface area contributed by atoms with Gasteiger partial charge in [0, 0.05) is 49.6 Å². The van der Waals surface area contributed by atoms with Crippen LogP contribution < -0.4 is 4.74 Å². The molecular formula is C30H50AcO2. The first kappa shape index (κ1) is 31.0. The summed E-state index contributed by atoms with van der Waals surface area (Å²) in [6.45, 7) is 20.2. The number of allylic oxidation sites excluding steroid dienone is 2. The molecule has 1 aliphatic rings. The van der Waals surface area contributed by atoms with E-state index in [1.807, 2.05) is 13.8 Å². The largest absolute Gasteiger partial charge is 0.507 e. The summed E-state index contributed by atoms with van der Waals surface area (Å²) in [7, 11) is 0. The molecule has 2 rings (SSSR count). The zero-order valence-corrected chi connectivity index (χ0v) is 27.9. The number of phenolic OH excluding ortho intramolecular Hbond substituents is 1. The van der Waals surface area contributed by atoms with Crippen molar-refractivity contribution in [1.82, 2.24) is 0 Å². The minimum Gasteiger partial charge on any atom is -0.507 e. The molecule has 1 heterocycles.